The molecule has 2 heterocycles. The molecule has 4 rings (SSSR count). The standard InChI is InChI=1S/C21H16FN5O/c22-16-10-8-15(9-11-16)13-24-26-20(28)14-27-19-7-2-1-5-17(19)25-21(27)18-6-3-4-12-23-18/h1-13H,14H2,(H,26,28). The van der Waals surface area contributed by atoms with Gasteiger partial charge in [-0.2, -0.15) is 5.10 Å². The lowest BCUT2D eigenvalue weighted by Crippen LogP contribution is -2.23. The smallest absolute Gasteiger partial charge is 0.260 e. The van der Waals surface area contributed by atoms with Gasteiger partial charge in [-0.3, -0.25) is 9.78 Å². The molecule has 0 atom stereocenters. The number of rotatable bonds is 5. The summed E-state index contributed by atoms with van der Waals surface area (Å²) in [6.45, 7) is 0.0349. The molecule has 0 bridgehead atoms. The molecule has 1 amide bonds. The van der Waals surface area contributed by atoms with Gasteiger partial charge in [0.05, 0.1) is 17.2 Å². The van der Waals surface area contributed by atoms with E-state index in [2.05, 4.69) is 20.5 Å². The molecule has 0 saturated heterocycles. The van der Waals surface area contributed by atoms with Gasteiger partial charge >= 0.3 is 0 Å². The van der Waals surface area contributed by atoms with E-state index >= 15 is 0 Å². The summed E-state index contributed by atoms with van der Waals surface area (Å²) in [6, 6.07) is 19.0. The third kappa shape index (κ3) is 3.78. The molecule has 0 radical (unpaired) electrons. The van der Waals surface area contributed by atoms with E-state index < -0.39 is 0 Å². The van der Waals surface area contributed by atoms with Gasteiger partial charge < -0.3 is 4.57 Å². The Hall–Kier alpha value is -3.87. The molecule has 7 heteroatoms. The molecule has 0 unspecified atom stereocenters. The van der Waals surface area contributed by atoms with Crippen LogP contribution in [0.1, 0.15) is 5.56 Å². The number of hydrazone groups is 1. The van der Waals surface area contributed by atoms with E-state index in [1.165, 1.54) is 18.3 Å². The Labute approximate surface area is 160 Å². The van der Waals surface area contributed by atoms with Crippen LogP contribution in [0.4, 0.5) is 4.39 Å². The number of halogens is 1. The number of benzene rings is 2. The minimum absolute atomic E-state index is 0.0349. The molecule has 0 aliphatic rings. The largest absolute Gasteiger partial charge is 0.313 e. The average Bonchev–Trinajstić information content (AvgIpc) is 3.09. The number of hydrogen-bond acceptors (Lipinski definition) is 4. The van der Waals surface area contributed by atoms with Crippen molar-refractivity contribution < 1.29 is 9.18 Å². The Kier molecular flexibility index (Phi) is 4.88. The second kappa shape index (κ2) is 7.79. The third-order valence-electron chi connectivity index (χ3n) is 4.12. The highest BCUT2D eigenvalue weighted by Crippen LogP contribution is 2.23. The molecule has 0 saturated carbocycles. The summed E-state index contributed by atoms with van der Waals surface area (Å²) in [6.07, 6.45) is 3.15. The van der Waals surface area contributed by atoms with Gasteiger partial charge in [-0.1, -0.05) is 30.3 Å². The molecule has 28 heavy (non-hydrogen) atoms. The maximum atomic E-state index is 12.9. The molecule has 6 nitrogen and oxygen atoms in total. The number of carbonyl (C=O) groups excluding carboxylic acids is 1. The van der Waals surface area contributed by atoms with Gasteiger partial charge in [0.2, 0.25) is 0 Å². The number of aromatic nitrogens is 3. The summed E-state index contributed by atoms with van der Waals surface area (Å²) >= 11 is 0. The molecular formula is C21H16FN5O. The maximum Gasteiger partial charge on any atom is 0.260 e. The van der Waals surface area contributed by atoms with Crippen LogP contribution in [0.25, 0.3) is 22.6 Å². The number of carbonyl (C=O) groups is 1. The van der Waals surface area contributed by atoms with Crippen molar-refractivity contribution in [3.63, 3.8) is 0 Å². The van der Waals surface area contributed by atoms with Gasteiger partial charge in [0.1, 0.15) is 18.1 Å². The molecule has 4 aromatic rings. The number of nitrogens with zero attached hydrogens (tertiary/aromatic N) is 4. The molecular weight excluding hydrogens is 357 g/mol. The summed E-state index contributed by atoms with van der Waals surface area (Å²) in [5.74, 6) is -0.0200. The van der Waals surface area contributed by atoms with Crippen molar-refractivity contribution in [3.05, 3.63) is 84.3 Å². The third-order valence-corrected chi connectivity index (χ3v) is 4.12. The van der Waals surface area contributed by atoms with Gasteiger partial charge in [0, 0.05) is 6.20 Å². The second-order valence-corrected chi connectivity index (χ2v) is 6.07. The van der Waals surface area contributed by atoms with Crippen LogP contribution in [0.2, 0.25) is 0 Å². The molecule has 1 N–H and O–H groups in total. The Balaban J connectivity index is 1.56. The zero-order valence-electron chi connectivity index (χ0n) is 14.8. The number of nitrogens with one attached hydrogen (secondary N) is 1. The predicted molar refractivity (Wildman–Crippen MR) is 105 cm³/mol. The minimum atomic E-state index is -0.324. The van der Waals surface area contributed by atoms with E-state index in [0.29, 0.717) is 17.1 Å². The van der Waals surface area contributed by atoms with Crippen LogP contribution >= 0.6 is 0 Å². The monoisotopic (exact) mass is 373 g/mol. The van der Waals surface area contributed by atoms with E-state index in [-0.39, 0.29) is 18.3 Å². The molecule has 0 aliphatic carbocycles. The number of amides is 1. The van der Waals surface area contributed by atoms with Gasteiger partial charge in [0.15, 0.2) is 5.82 Å². The number of imidazole rings is 1. The Morgan fingerprint density at radius 1 is 1.07 bits per heavy atom. The van der Waals surface area contributed by atoms with Crippen LogP contribution in [0.3, 0.4) is 0 Å². The number of para-hydroxylation sites is 2. The second-order valence-electron chi connectivity index (χ2n) is 6.07. The average molecular weight is 373 g/mol. The van der Waals surface area contributed by atoms with Crippen LogP contribution in [-0.4, -0.2) is 26.7 Å². The fourth-order valence-electron chi connectivity index (χ4n) is 2.83. The fourth-order valence-corrected chi connectivity index (χ4v) is 2.83. The molecule has 138 valence electrons. The highest BCUT2D eigenvalue weighted by molar-refractivity contribution is 5.85. The van der Waals surface area contributed by atoms with E-state index in [1.807, 2.05) is 42.5 Å². The van der Waals surface area contributed by atoms with Crippen molar-refractivity contribution in [2.75, 3.05) is 0 Å². The first-order valence-corrected chi connectivity index (χ1v) is 8.65. The molecule has 2 aromatic heterocycles. The first kappa shape index (κ1) is 17.5. The SMILES string of the molecule is O=C(Cn1c(-c2ccccn2)nc2ccccc21)NN=Cc1ccc(F)cc1. The van der Waals surface area contributed by atoms with Gasteiger partial charge in [0.25, 0.3) is 5.91 Å². The van der Waals surface area contributed by atoms with Gasteiger partial charge in [-0.05, 0) is 42.0 Å². The van der Waals surface area contributed by atoms with E-state index in [9.17, 15) is 9.18 Å². The molecule has 0 aliphatic heterocycles. The zero-order chi connectivity index (χ0) is 19.3. The van der Waals surface area contributed by atoms with E-state index in [4.69, 9.17) is 0 Å². The van der Waals surface area contributed by atoms with Gasteiger partial charge in [-0.15, -0.1) is 0 Å². The van der Waals surface area contributed by atoms with Crippen molar-refractivity contribution in [3.8, 4) is 11.5 Å². The first-order chi connectivity index (χ1) is 13.7. The normalized spacial score (nSPS) is 11.2. The van der Waals surface area contributed by atoms with Crippen molar-refractivity contribution >= 4 is 23.2 Å². The summed E-state index contributed by atoms with van der Waals surface area (Å²) in [4.78, 5) is 21.4. The van der Waals surface area contributed by atoms with Crippen molar-refractivity contribution in [1.82, 2.24) is 20.0 Å². The molecule has 2 aromatic carbocycles. The van der Waals surface area contributed by atoms with Gasteiger partial charge in [-0.25, -0.2) is 14.8 Å². The van der Waals surface area contributed by atoms with Crippen LogP contribution in [0.15, 0.2) is 78.0 Å². The molecule has 0 spiro atoms. The number of fused-ring (bicyclic) bond motifs is 1. The Morgan fingerprint density at radius 2 is 1.86 bits per heavy atom. The van der Waals surface area contributed by atoms with E-state index in [1.54, 1.807) is 22.9 Å². The topological polar surface area (TPSA) is 72.2 Å². The number of hydrogen-bond donors (Lipinski definition) is 1. The fraction of sp³-hybridized carbons (Fsp3) is 0.0476. The molecule has 0 fully saturated rings. The summed E-state index contributed by atoms with van der Waals surface area (Å²) in [5.41, 5.74) is 5.48. The van der Waals surface area contributed by atoms with Crippen LogP contribution in [0.5, 0.6) is 0 Å². The minimum Gasteiger partial charge on any atom is -0.313 e. The summed E-state index contributed by atoms with van der Waals surface area (Å²) in [5, 5.41) is 3.94. The van der Waals surface area contributed by atoms with Crippen LogP contribution < -0.4 is 5.43 Å². The maximum absolute atomic E-state index is 12.9. The van der Waals surface area contributed by atoms with Crippen molar-refractivity contribution in [2.24, 2.45) is 5.10 Å². The lowest BCUT2D eigenvalue weighted by Gasteiger charge is -2.07. The predicted octanol–water partition coefficient (Wildman–Crippen LogP) is 3.39. The Morgan fingerprint density at radius 3 is 2.64 bits per heavy atom. The van der Waals surface area contributed by atoms with Crippen LogP contribution in [0, 0.1) is 5.82 Å². The number of pyridine rings is 1. The van der Waals surface area contributed by atoms with Crippen molar-refractivity contribution in [1.29, 1.82) is 0 Å². The first-order valence-electron chi connectivity index (χ1n) is 8.65. The van der Waals surface area contributed by atoms with Crippen LogP contribution in [-0.2, 0) is 11.3 Å². The summed E-state index contributed by atoms with van der Waals surface area (Å²) in [7, 11) is 0. The summed E-state index contributed by atoms with van der Waals surface area (Å²) < 4.78 is 14.7. The lowest BCUT2D eigenvalue weighted by molar-refractivity contribution is -0.121. The lowest BCUT2D eigenvalue weighted by atomic mass is 10.2. The zero-order valence-corrected chi connectivity index (χ0v) is 14.8. The quantitative estimate of drug-likeness (QED) is 0.431. The Bertz CT molecular complexity index is 1140. The van der Waals surface area contributed by atoms with E-state index in [0.717, 1.165) is 11.0 Å². The van der Waals surface area contributed by atoms with Crippen molar-refractivity contribution in [2.45, 2.75) is 6.54 Å². The highest BCUT2D eigenvalue weighted by atomic mass is 19.1. The highest BCUT2D eigenvalue weighted by Gasteiger charge is 2.15.